The Morgan fingerprint density at radius 1 is 1.65 bits per heavy atom. The smallest absolute Gasteiger partial charge is 0.226 e. The number of thiazole rings is 1. The molecule has 1 atom stereocenters. The van der Waals surface area contributed by atoms with Gasteiger partial charge in [-0.2, -0.15) is 0 Å². The van der Waals surface area contributed by atoms with Gasteiger partial charge in [-0.1, -0.05) is 13.3 Å². The van der Waals surface area contributed by atoms with Crippen molar-refractivity contribution in [2.45, 2.75) is 45.6 Å². The summed E-state index contributed by atoms with van der Waals surface area (Å²) in [6.07, 6.45) is 1.86. The van der Waals surface area contributed by atoms with Crippen LogP contribution in [0.1, 0.15) is 37.4 Å². The van der Waals surface area contributed by atoms with Gasteiger partial charge in [-0.05, 0) is 20.3 Å². The van der Waals surface area contributed by atoms with Crippen molar-refractivity contribution in [2.24, 2.45) is 0 Å². The predicted octanol–water partition coefficient (Wildman–Crippen LogP) is 1.66. The molecular weight excluding hydrogens is 236 g/mol. The summed E-state index contributed by atoms with van der Waals surface area (Å²) in [6, 6.07) is 0. The van der Waals surface area contributed by atoms with Gasteiger partial charge in [0, 0.05) is 11.9 Å². The zero-order valence-electron chi connectivity index (χ0n) is 10.6. The topological polar surface area (TPSA) is 62.2 Å². The molecule has 0 saturated carbocycles. The number of aliphatic hydroxyl groups is 1. The highest BCUT2D eigenvalue weighted by molar-refractivity contribution is 7.09. The van der Waals surface area contributed by atoms with Gasteiger partial charge < -0.3 is 10.4 Å². The number of hydrogen-bond acceptors (Lipinski definition) is 4. The van der Waals surface area contributed by atoms with Gasteiger partial charge in [0.05, 0.1) is 22.7 Å². The van der Waals surface area contributed by atoms with Crippen molar-refractivity contribution < 1.29 is 9.90 Å². The van der Waals surface area contributed by atoms with Crippen LogP contribution in [0.3, 0.4) is 0 Å². The van der Waals surface area contributed by atoms with E-state index >= 15 is 0 Å². The standard InChI is InChI=1S/C12H20N2O2S/c1-4-5-12(3,16)8-13-11(15)6-10-7-17-9(2)14-10/h7,16H,4-6,8H2,1-3H3,(H,13,15). The van der Waals surface area contributed by atoms with Crippen LogP contribution in [0.2, 0.25) is 0 Å². The first-order valence-electron chi connectivity index (χ1n) is 5.83. The van der Waals surface area contributed by atoms with E-state index in [-0.39, 0.29) is 12.3 Å². The zero-order valence-corrected chi connectivity index (χ0v) is 11.4. The average molecular weight is 256 g/mol. The lowest BCUT2D eigenvalue weighted by molar-refractivity contribution is -0.121. The second kappa shape index (κ2) is 6.12. The maximum Gasteiger partial charge on any atom is 0.226 e. The van der Waals surface area contributed by atoms with Crippen LogP contribution >= 0.6 is 11.3 Å². The largest absolute Gasteiger partial charge is 0.388 e. The molecule has 5 heteroatoms. The van der Waals surface area contributed by atoms with Crippen molar-refractivity contribution in [3.05, 3.63) is 16.1 Å². The quantitative estimate of drug-likeness (QED) is 0.813. The molecule has 1 aromatic rings. The molecule has 0 fully saturated rings. The summed E-state index contributed by atoms with van der Waals surface area (Å²) < 4.78 is 0. The number of aryl methyl sites for hydroxylation is 1. The van der Waals surface area contributed by atoms with E-state index in [1.54, 1.807) is 6.92 Å². The Kier molecular flexibility index (Phi) is 5.08. The van der Waals surface area contributed by atoms with Crippen LogP contribution in [0.5, 0.6) is 0 Å². The molecule has 1 heterocycles. The number of hydrogen-bond donors (Lipinski definition) is 2. The van der Waals surface area contributed by atoms with E-state index in [1.165, 1.54) is 11.3 Å². The lowest BCUT2D eigenvalue weighted by Crippen LogP contribution is -2.41. The van der Waals surface area contributed by atoms with Gasteiger partial charge in [0.15, 0.2) is 0 Å². The summed E-state index contributed by atoms with van der Waals surface area (Å²) in [5, 5.41) is 15.5. The second-order valence-electron chi connectivity index (χ2n) is 4.56. The first-order valence-corrected chi connectivity index (χ1v) is 6.71. The Hall–Kier alpha value is -0.940. The molecule has 2 N–H and O–H groups in total. The maximum atomic E-state index is 11.6. The molecule has 1 amide bonds. The third-order valence-corrected chi connectivity index (χ3v) is 3.29. The van der Waals surface area contributed by atoms with Gasteiger partial charge in [0.25, 0.3) is 0 Å². The van der Waals surface area contributed by atoms with Crippen LogP contribution in [0.15, 0.2) is 5.38 Å². The van der Waals surface area contributed by atoms with E-state index in [1.807, 2.05) is 19.2 Å². The summed E-state index contributed by atoms with van der Waals surface area (Å²) in [5.41, 5.74) is -0.0253. The highest BCUT2D eigenvalue weighted by Gasteiger charge is 2.19. The lowest BCUT2D eigenvalue weighted by Gasteiger charge is -2.22. The summed E-state index contributed by atoms with van der Waals surface area (Å²) >= 11 is 1.54. The van der Waals surface area contributed by atoms with Crippen molar-refractivity contribution in [2.75, 3.05) is 6.54 Å². The molecule has 0 aromatic carbocycles. The monoisotopic (exact) mass is 256 g/mol. The Morgan fingerprint density at radius 3 is 2.88 bits per heavy atom. The van der Waals surface area contributed by atoms with E-state index in [0.29, 0.717) is 13.0 Å². The SMILES string of the molecule is CCCC(C)(O)CNC(=O)Cc1csc(C)n1. The molecule has 0 spiro atoms. The third kappa shape index (κ3) is 5.28. The van der Waals surface area contributed by atoms with Crippen LogP contribution < -0.4 is 5.32 Å². The minimum Gasteiger partial charge on any atom is -0.388 e. The van der Waals surface area contributed by atoms with Crippen molar-refractivity contribution in [3.8, 4) is 0 Å². The number of rotatable bonds is 6. The minimum absolute atomic E-state index is 0.0910. The van der Waals surface area contributed by atoms with Gasteiger partial charge in [-0.15, -0.1) is 11.3 Å². The van der Waals surface area contributed by atoms with E-state index < -0.39 is 5.60 Å². The molecule has 17 heavy (non-hydrogen) atoms. The Labute approximate surface area is 106 Å². The Bertz CT molecular complexity index is 374. The third-order valence-electron chi connectivity index (χ3n) is 2.46. The van der Waals surface area contributed by atoms with Gasteiger partial charge >= 0.3 is 0 Å². The van der Waals surface area contributed by atoms with Crippen LogP contribution in [0.4, 0.5) is 0 Å². The summed E-state index contributed by atoms with van der Waals surface area (Å²) in [6.45, 7) is 5.96. The average Bonchev–Trinajstić information content (AvgIpc) is 2.61. The number of nitrogens with zero attached hydrogens (tertiary/aromatic N) is 1. The highest BCUT2D eigenvalue weighted by atomic mass is 32.1. The number of nitrogens with one attached hydrogen (secondary N) is 1. The molecule has 0 saturated heterocycles. The molecular formula is C12H20N2O2S. The molecule has 0 aliphatic carbocycles. The lowest BCUT2D eigenvalue weighted by atomic mass is 10.0. The van der Waals surface area contributed by atoms with Gasteiger partial charge in [0.1, 0.15) is 0 Å². The van der Waals surface area contributed by atoms with Crippen LogP contribution in [-0.2, 0) is 11.2 Å². The molecule has 0 aliphatic rings. The fourth-order valence-electron chi connectivity index (χ4n) is 1.63. The minimum atomic E-state index is -0.817. The summed E-state index contributed by atoms with van der Waals surface area (Å²) in [7, 11) is 0. The molecule has 1 rings (SSSR count). The van der Waals surface area contributed by atoms with Crippen LogP contribution in [0, 0.1) is 6.92 Å². The van der Waals surface area contributed by atoms with Crippen LogP contribution in [-0.4, -0.2) is 28.1 Å². The summed E-state index contributed by atoms with van der Waals surface area (Å²) in [5.74, 6) is -0.0910. The highest BCUT2D eigenvalue weighted by Crippen LogP contribution is 2.11. The molecule has 96 valence electrons. The van der Waals surface area contributed by atoms with E-state index in [2.05, 4.69) is 10.3 Å². The van der Waals surface area contributed by atoms with Gasteiger partial charge in [-0.25, -0.2) is 4.98 Å². The van der Waals surface area contributed by atoms with Crippen molar-refractivity contribution in [1.29, 1.82) is 0 Å². The molecule has 0 radical (unpaired) electrons. The number of carbonyl (C=O) groups is 1. The van der Waals surface area contributed by atoms with Gasteiger partial charge in [0.2, 0.25) is 5.91 Å². The molecule has 1 aromatic heterocycles. The van der Waals surface area contributed by atoms with Crippen molar-refractivity contribution in [1.82, 2.24) is 10.3 Å². The van der Waals surface area contributed by atoms with E-state index in [0.717, 1.165) is 17.1 Å². The van der Waals surface area contributed by atoms with E-state index in [4.69, 9.17) is 0 Å². The zero-order chi connectivity index (χ0) is 12.9. The Morgan fingerprint density at radius 2 is 2.35 bits per heavy atom. The number of amides is 1. The second-order valence-corrected chi connectivity index (χ2v) is 5.62. The Balaban J connectivity index is 2.35. The number of aromatic nitrogens is 1. The number of carbonyl (C=O) groups excluding carboxylic acids is 1. The maximum absolute atomic E-state index is 11.6. The summed E-state index contributed by atoms with van der Waals surface area (Å²) in [4.78, 5) is 15.8. The molecule has 4 nitrogen and oxygen atoms in total. The van der Waals surface area contributed by atoms with Gasteiger partial charge in [-0.3, -0.25) is 4.79 Å². The van der Waals surface area contributed by atoms with E-state index in [9.17, 15) is 9.90 Å². The molecule has 1 unspecified atom stereocenters. The fraction of sp³-hybridized carbons (Fsp3) is 0.667. The first-order chi connectivity index (χ1) is 7.93. The van der Waals surface area contributed by atoms with Crippen molar-refractivity contribution in [3.63, 3.8) is 0 Å². The van der Waals surface area contributed by atoms with Crippen LogP contribution in [0.25, 0.3) is 0 Å². The normalized spacial score (nSPS) is 14.4. The molecule has 0 bridgehead atoms. The van der Waals surface area contributed by atoms with Crippen molar-refractivity contribution >= 4 is 17.2 Å². The predicted molar refractivity (Wildman–Crippen MR) is 69.1 cm³/mol. The molecule has 0 aliphatic heterocycles. The first kappa shape index (κ1) is 14.1. The fourth-order valence-corrected chi connectivity index (χ4v) is 2.24.